The summed E-state index contributed by atoms with van der Waals surface area (Å²) in [5.41, 5.74) is 2.70. The minimum Gasteiger partial charge on any atom is -0.313 e. The van der Waals surface area contributed by atoms with Crippen molar-refractivity contribution in [1.29, 1.82) is 0 Å². The fourth-order valence-corrected chi connectivity index (χ4v) is 1.33. The van der Waals surface area contributed by atoms with Crippen molar-refractivity contribution < 1.29 is 0 Å². The normalized spacial score (nSPS) is 10.9. The Morgan fingerprint density at radius 1 is 1.14 bits per heavy atom. The van der Waals surface area contributed by atoms with E-state index in [2.05, 4.69) is 50.4 Å². The van der Waals surface area contributed by atoms with Gasteiger partial charge in [0.05, 0.1) is 0 Å². The summed E-state index contributed by atoms with van der Waals surface area (Å²) in [5.74, 6) is 0.792. The molecule has 1 rings (SSSR count). The van der Waals surface area contributed by atoms with Gasteiger partial charge in [0.15, 0.2) is 0 Å². The van der Waals surface area contributed by atoms with Gasteiger partial charge in [0.1, 0.15) is 0 Å². The second-order valence-electron chi connectivity index (χ2n) is 4.34. The van der Waals surface area contributed by atoms with Crippen LogP contribution in [0.15, 0.2) is 24.3 Å². The number of benzene rings is 1. The monoisotopic (exact) mass is 191 g/mol. The van der Waals surface area contributed by atoms with E-state index in [-0.39, 0.29) is 0 Å². The van der Waals surface area contributed by atoms with Gasteiger partial charge >= 0.3 is 0 Å². The first-order valence-electron chi connectivity index (χ1n) is 5.44. The molecule has 0 aliphatic carbocycles. The molecule has 0 unspecified atom stereocenters. The summed E-state index contributed by atoms with van der Waals surface area (Å²) in [4.78, 5) is 0. The minimum absolute atomic E-state index is 0.792. The predicted molar refractivity (Wildman–Crippen MR) is 62.3 cm³/mol. The van der Waals surface area contributed by atoms with Gasteiger partial charge in [0, 0.05) is 6.54 Å². The number of hydrogen-bond acceptors (Lipinski definition) is 1. The van der Waals surface area contributed by atoms with E-state index in [1.807, 2.05) is 0 Å². The Kier molecular flexibility index (Phi) is 4.68. The molecule has 0 saturated carbocycles. The highest BCUT2D eigenvalue weighted by Crippen LogP contribution is 2.03. The maximum absolute atomic E-state index is 3.45. The molecular formula is C13H21N. The molecule has 0 bridgehead atoms. The topological polar surface area (TPSA) is 12.0 Å². The van der Waals surface area contributed by atoms with Gasteiger partial charge in [-0.1, -0.05) is 43.7 Å². The average molecular weight is 191 g/mol. The van der Waals surface area contributed by atoms with Crippen LogP contribution in [0.25, 0.3) is 0 Å². The molecule has 14 heavy (non-hydrogen) atoms. The Labute approximate surface area is 87.5 Å². The minimum atomic E-state index is 0.792. The molecule has 0 radical (unpaired) electrons. The van der Waals surface area contributed by atoms with Crippen LogP contribution in [0.2, 0.25) is 0 Å². The van der Waals surface area contributed by atoms with E-state index in [0.717, 1.165) is 19.0 Å². The van der Waals surface area contributed by atoms with Crippen molar-refractivity contribution in [2.24, 2.45) is 5.92 Å². The number of nitrogens with one attached hydrogen (secondary N) is 1. The quantitative estimate of drug-likeness (QED) is 0.705. The molecule has 1 nitrogen and oxygen atoms in total. The highest BCUT2D eigenvalue weighted by atomic mass is 14.8. The van der Waals surface area contributed by atoms with Crippen LogP contribution in [0, 0.1) is 12.8 Å². The van der Waals surface area contributed by atoms with Gasteiger partial charge in [-0.2, -0.15) is 0 Å². The van der Waals surface area contributed by atoms with Crippen LogP contribution in [0.5, 0.6) is 0 Å². The molecule has 0 aromatic heterocycles. The van der Waals surface area contributed by atoms with Crippen LogP contribution in [0.3, 0.4) is 0 Å². The van der Waals surface area contributed by atoms with Gasteiger partial charge in [0.2, 0.25) is 0 Å². The third-order valence-corrected chi connectivity index (χ3v) is 2.35. The maximum atomic E-state index is 3.45. The lowest BCUT2D eigenvalue weighted by Crippen LogP contribution is -2.16. The third-order valence-electron chi connectivity index (χ3n) is 2.35. The van der Waals surface area contributed by atoms with E-state index in [0.29, 0.717) is 0 Å². The molecule has 1 aromatic carbocycles. The molecule has 1 N–H and O–H groups in total. The number of aryl methyl sites for hydroxylation is 1. The van der Waals surface area contributed by atoms with Gasteiger partial charge in [-0.25, -0.2) is 0 Å². The van der Waals surface area contributed by atoms with Gasteiger partial charge in [-0.15, -0.1) is 0 Å². The fraction of sp³-hybridized carbons (Fsp3) is 0.538. The molecule has 0 heterocycles. The maximum Gasteiger partial charge on any atom is 0.0205 e. The highest BCUT2D eigenvalue weighted by molar-refractivity contribution is 5.20. The Bertz CT molecular complexity index is 248. The predicted octanol–water partition coefficient (Wildman–Crippen LogP) is 3.13. The molecule has 1 heteroatoms. The number of hydrogen-bond donors (Lipinski definition) is 1. The lowest BCUT2D eigenvalue weighted by Gasteiger charge is -2.07. The molecular weight excluding hydrogens is 170 g/mol. The van der Waals surface area contributed by atoms with Crippen molar-refractivity contribution in [3.05, 3.63) is 35.4 Å². The van der Waals surface area contributed by atoms with Crippen LogP contribution in [-0.4, -0.2) is 6.54 Å². The molecule has 0 saturated heterocycles. The summed E-state index contributed by atoms with van der Waals surface area (Å²) >= 11 is 0. The van der Waals surface area contributed by atoms with E-state index in [1.54, 1.807) is 0 Å². The van der Waals surface area contributed by atoms with Crippen LogP contribution < -0.4 is 5.32 Å². The Hall–Kier alpha value is -0.820. The van der Waals surface area contributed by atoms with Crippen LogP contribution in [0.4, 0.5) is 0 Å². The zero-order valence-electron chi connectivity index (χ0n) is 9.51. The Morgan fingerprint density at radius 3 is 2.36 bits per heavy atom. The van der Waals surface area contributed by atoms with E-state index < -0.39 is 0 Å². The van der Waals surface area contributed by atoms with Crippen molar-refractivity contribution in [3.63, 3.8) is 0 Å². The average Bonchev–Trinajstić information content (AvgIpc) is 2.15. The van der Waals surface area contributed by atoms with Crippen molar-refractivity contribution in [2.45, 2.75) is 33.7 Å². The highest BCUT2D eigenvalue weighted by Gasteiger charge is 1.94. The molecule has 0 atom stereocenters. The summed E-state index contributed by atoms with van der Waals surface area (Å²) in [7, 11) is 0. The zero-order valence-corrected chi connectivity index (χ0v) is 9.51. The summed E-state index contributed by atoms with van der Waals surface area (Å²) in [5, 5.41) is 3.45. The van der Waals surface area contributed by atoms with Crippen molar-refractivity contribution in [3.8, 4) is 0 Å². The van der Waals surface area contributed by atoms with Gasteiger partial charge < -0.3 is 5.32 Å². The molecule has 0 fully saturated rings. The Morgan fingerprint density at radius 2 is 1.79 bits per heavy atom. The van der Waals surface area contributed by atoms with Gasteiger partial charge in [-0.05, 0) is 31.4 Å². The summed E-state index contributed by atoms with van der Waals surface area (Å²) in [6.45, 7) is 8.75. The van der Waals surface area contributed by atoms with Gasteiger partial charge in [-0.3, -0.25) is 0 Å². The van der Waals surface area contributed by atoms with Crippen molar-refractivity contribution >= 4 is 0 Å². The summed E-state index contributed by atoms with van der Waals surface area (Å²) in [6, 6.07) is 8.72. The summed E-state index contributed by atoms with van der Waals surface area (Å²) < 4.78 is 0. The standard InChI is InChI=1S/C13H21N/c1-11(2)8-9-14-10-13-6-4-12(3)5-7-13/h4-7,11,14H,8-10H2,1-3H3. The largest absolute Gasteiger partial charge is 0.313 e. The van der Waals surface area contributed by atoms with Crippen LogP contribution in [0.1, 0.15) is 31.4 Å². The molecule has 1 aromatic rings. The van der Waals surface area contributed by atoms with E-state index in [4.69, 9.17) is 0 Å². The molecule has 0 aliphatic rings. The molecule has 0 aliphatic heterocycles. The first kappa shape index (κ1) is 11.3. The fourth-order valence-electron chi connectivity index (χ4n) is 1.33. The lowest BCUT2D eigenvalue weighted by molar-refractivity contribution is 0.537. The third kappa shape index (κ3) is 4.43. The zero-order chi connectivity index (χ0) is 10.4. The Balaban J connectivity index is 2.21. The second kappa shape index (κ2) is 5.82. The van der Waals surface area contributed by atoms with Gasteiger partial charge in [0.25, 0.3) is 0 Å². The molecule has 0 amide bonds. The van der Waals surface area contributed by atoms with Crippen LogP contribution in [-0.2, 0) is 6.54 Å². The smallest absolute Gasteiger partial charge is 0.0205 e. The van der Waals surface area contributed by atoms with E-state index >= 15 is 0 Å². The van der Waals surface area contributed by atoms with Crippen molar-refractivity contribution in [2.75, 3.05) is 6.54 Å². The van der Waals surface area contributed by atoms with E-state index in [9.17, 15) is 0 Å². The summed E-state index contributed by atoms with van der Waals surface area (Å²) in [6.07, 6.45) is 1.26. The lowest BCUT2D eigenvalue weighted by atomic mass is 10.1. The molecule has 0 spiro atoms. The first-order valence-corrected chi connectivity index (χ1v) is 5.44. The SMILES string of the molecule is Cc1ccc(CNCCC(C)C)cc1. The van der Waals surface area contributed by atoms with Crippen LogP contribution >= 0.6 is 0 Å². The molecule has 78 valence electrons. The van der Waals surface area contributed by atoms with E-state index in [1.165, 1.54) is 17.5 Å². The second-order valence-corrected chi connectivity index (χ2v) is 4.34. The number of rotatable bonds is 5. The first-order chi connectivity index (χ1) is 6.68. The van der Waals surface area contributed by atoms with Crippen molar-refractivity contribution in [1.82, 2.24) is 5.32 Å².